The van der Waals surface area contributed by atoms with Gasteiger partial charge in [-0.1, -0.05) is 49.9 Å². The minimum atomic E-state index is -1.01. The molecule has 1 fully saturated rings. The van der Waals surface area contributed by atoms with Crippen LogP contribution in [0.25, 0.3) is 0 Å². The monoisotopic (exact) mass is 347 g/mol. The summed E-state index contributed by atoms with van der Waals surface area (Å²) in [7, 11) is 0. The maximum absolute atomic E-state index is 11.6. The molecule has 24 heavy (non-hydrogen) atoms. The van der Waals surface area contributed by atoms with Crippen molar-refractivity contribution in [2.75, 3.05) is 0 Å². The van der Waals surface area contributed by atoms with Crippen molar-refractivity contribution in [3.63, 3.8) is 0 Å². The maximum Gasteiger partial charge on any atom is 0.305 e. The van der Waals surface area contributed by atoms with Gasteiger partial charge in [-0.05, 0) is 30.4 Å². The average Bonchev–Trinajstić information content (AvgIpc) is 2.84. The van der Waals surface area contributed by atoms with Crippen molar-refractivity contribution in [1.82, 2.24) is 5.32 Å². The fraction of sp³-hybridized carbons (Fsp3) is 0.412. The van der Waals surface area contributed by atoms with Gasteiger partial charge >= 0.3 is 5.97 Å². The van der Waals surface area contributed by atoms with Crippen molar-refractivity contribution in [1.29, 1.82) is 0 Å². The highest BCUT2D eigenvalue weighted by molar-refractivity contribution is 8.15. The zero-order chi connectivity index (χ0) is 17.7. The zero-order valence-corrected chi connectivity index (χ0v) is 14.8. The Morgan fingerprint density at radius 3 is 2.58 bits per heavy atom. The molecule has 1 saturated heterocycles. The largest absolute Gasteiger partial charge is 0.481 e. The second kappa shape index (κ2) is 8.10. The summed E-state index contributed by atoms with van der Waals surface area (Å²) in [5.74, 6) is -0.740. The molecule has 0 aliphatic carbocycles. The van der Waals surface area contributed by atoms with Crippen LogP contribution < -0.4 is 5.32 Å². The highest BCUT2D eigenvalue weighted by Gasteiger charge is 2.32. The summed E-state index contributed by atoms with van der Waals surface area (Å²) in [5.41, 5.74) is 2.97. The Bertz CT molecular complexity index is 681. The van der Waals surface area contributed by atoms with E-state index in [-0.39, 0.29) is 12.3 Å². The van der Waals surface area contributed by atoms with E-state index in [4.69, 9.17) is 5.11 Å². The number of amides is 1. The molecule has 0 unspecified atom stereocenters. The zero-order valence-electron chi connectivity index (χ0n) is 13.9. The number of nitrogens with one attached hydrogen (secondary N) is 1. The first-order valence-corrected chi connectivity index (χ1v) is 8.64. The lowest BCUT2D eigenvalue weighted by Gasteiger charge is -2.06. The van der Waals surface area contributed by atoms with Gasteiger partial charge in [-0.2, -0.15) is 5.10 Å². The van der Waals surface area contributed by atoms with Crippen molar-refractivity contribution in [2.24, 2.45) is 16.1 Å². The molecule has 1 heterocycles. The van der Waals surface area contributed by atoms with Crippen LogP contribution in [0.1, 0.15) is 38.3 Å². The van der Waals surface area contributed by atoms with E-state index in [0.29, 0.717) is 11.1 Å². The van der Waals surface area contributed by atoms with Crippen LogP contribution in [0.2, 0.25) is 0 Å². The molecule has 0 spiro atoms. The van der Waals surface area contributed by atoms with Gasteiger partial charge in [-0.3, -0.25) is 9.59 Å². The van der Waals surface area contributed by atoms with Crippen LogP contribution in [0.4, 0.5) is 0 Å². The SMILES string of the molecule is C/C(=N/N=C1/NC(=O)[C@@H](CC(=O)O)S1)c1ccc(CC(C)C)cc1. The lowest BCUT2D eigenvalue weighted by atomic mass is 10.0. The summed E-state index contributed by atoms with van der Waals surface area (Å²) in [6.45, 7) is 6.21. The number of thioether (sulfide) groups is 1. The molecule has 1 aromatic carbocycles. The van der Waals surface area contributed by atoms with Crippen molar-refractivity contribution < 1.29 is 14.7 Å². The number of nitrogens with zero attached hydrogens (tertiary/aromatic N) is 2. The smallest absolute Gasteiger partial charge is 0.305 e. The van der Waals surface area contributed by atoms with Gasteiger partial charge < -0.3 is 10.4 Å². The first-order chi connectivity index (χ1) is 11.3. The van der Waals surface area contributed by atoms with Gasteiger partial charge in [0.25, 0.3) is 0 Å². The molecule has 1 amide bonds. The number of amidine groups is 1. The maximum atomic E-state index is 11.6. The normalized spacial score (nSPS) is 19.8. The number of aliphatic carboxylic acids is 1. The summed E-state index contributed by atoms with van der Waals surface area (Å²) in [6, 6.07) is 8.17. The molecular weight excluding hydrogens is 326 g/mol. The van der Waals surface area contributed by atoms with Crippen LogP contribution >= 0.6 is 11.8 Å². The van der Waals surface area contributed by atoms with Crippen LogP contribution in [-0.2, 0) is 16.0 Å². The van der Waals surface area contributed by atoms with Crippen LogP contribution in [0, 0.1) is 5.92 Å². The fourth-order valence-corrected chi connectivity index (χ4v) is 3.19. The average molecular weight is 347 g/mol. The van der Waals surface area contributed by atoms with Gasteiger partial charge in [0.15, 0.2) is 5.17 Å². The van der Waals surface area contributed by atoms with Crippen molar-refractivity contribution in [2.45, 2.75) is 38.9 Å². The van der Waals surface area contributed by atoms with E-state index in [1.807, 2.05) is 19.1 Å². The lowest BCUT2D eigenvalue weighted by molar-refractivity contribution is -0.138. The topological polar surface area (TPSA) is 91.1 Å². The second-order valence-corrected chi connectivity index (χ2v) is 7.27. The second-order valence-electron chi connectivity index (χ2n) is 6.08. The van der Waals surface area contributed by atoms with Gasteiger partial charge in [0.2, 0.25) is 5.91 Å². The van der Waals surface area contributed by atoms with Crippen molar-refractivity contribution >= 4 is 34.5 Å². The Hall–Kier alpha value is -2.15. The third kappa shape index (κ3) is 5.19. The van der Waals surface area contributed by atoms with Crippen molar-refractivity contribution in [3.05, 3.63) is 35.4 Å². The number of carboxylic acids is 1. The first-order valence-electron chi connectivity index (χ1n) is 7.76. The molecule has 0 radical (unpaired) electrons. The Morgan fingerprint density at radius 2 is 2.00 bits per heavy atom. The molecule has 7 heteroatoms. The molecular formula is C17H21N3O3S. The number of rotatable bonds is 6. The number of carboxylic acid groups (broad SMARTS) is 1. The van der Waals surface area contributed by atoms with E-state index in [9.17, 15) is 9.59 Å². The fourth-order valence-electron chi connectivity index (χ4n) is 2.28. The van der Waals surface area contributed by atoms with Gasteiger partial charge in [0, 0.05) is 0 Å². The Morgan fingerprint density at radius 1 is 1.33 bits per heavy atom. The lowest BCUT2D eigenvalue weighted by Crippen LogP contribution is -2.26. The molecule has 0 aromatic heterocycles. The highest BCUT2D eigenvalue weighted by Crippen LogP contribution is 2.22. The third-order valence-electron chi connectivity index (χ3n) is 3.44. The molecule has 2 rings (SSSR count). The van der Waals surface area contributed by atoms with Gasteiger partial charge in [-0.25, -0.2) is 0 Å². The van der Waals surface area contributed by atoms with Crippen LogP contribution in [0.5, 0.6) is 0 Å². The summed E-state index contributed by atoms with van der Waals surface area (Å²) >= 11 is 1.09. The van der Waals surface area contributed by atoms with Crippen LogP contribution in [0.15, 0.2) is 34.5 Å². The molecule has 1 aromatic rings. The number of benzene rings is 1. The van der Waals surface area contributed by atoms with Gasteiger partial charge in [0.05, 0.1) is 12.1 Å². The molecule has 1 aliphatic heterocycles. The van der Waals surface area contributed by atoms with Crippen LogP contribution in [0.3, 0.4) is 0 Å². The van der Waals surface area contributed by atoms with E-state index in [1.54, 1.807) is 0 Å². The van der Waals surface area contributed by atoms with Crippen molar-refractivity contribution in [3.8, 4) is 0 Å². The standard InChI is InChI=1S/C17H21N3O3S/c1-10(2)8-12-4-6-13(7-5-12)11(3)19-20-17-18-16(23)14(24-17)9-15(21)22/h4-7,10,14H,8-9H2,1-3H3,(H,21,22)(H,18,20,23)/b19-11-/t14-/m1/s1. The minimum Gasteiger partial charge on any atom is -0.481 e. The van der Waals surface area contributed by atoms with Crippen LogP contribution in [-0.4, -0.2) is 33.1 Å². The first kappa shape index (κ1) is 18.2. The molecule has 6 nitrogen and oxygen atoms in total. The predicted octanol–water partition coefficient (Wildman–Crippen LogP) is 2.67. The minimum absolute atomic E-state index is 0.227. The summed E-state index contributed by atoms with van der Waals surface area (Å²) in [6.07, 6.45) is 0.807. The summed E-state index contributed by atoms with van der Waals surface area (Å²) < 4.78 is 0. The molecule has 2 N–H and O–H groups in total. The molecule has 0 saturated carbocycles. The number of carbonyl (C=O) groups excluding carboxylic acids is 1. The molecule has 1 atom stereocenters. The van der Waals surface area contributed by atoms with Gasteiger partial charge in [-0.15, -0.1) is 5.10 Å². The predicted molar refractivity (Wildman–Crippen MR) is 96.4 cm³/mol. The Labute approximate surface area is 145 Å². The third-order valence-corrected chi connectivity index (χ3v) is 4.52. The quantitative estimate of drug-likeness (QED) is 0.611. The van der Waals surface area contributed by atoms with Gasteiger partial charge in [0.1, 0.15) is 5.25 Å². The highest BCUT2D eigenvalue weighted by atomic mass is 32.2. The number of hydrogen-bond acceptors (Lipinski definition) is 5. The van der Waals surface area contributed by atoms with E-state index in [0.717, 1.165) is 29.5 Å². The summed E-state index contributed by atoms with van der Waals surface area (Å²) in [4.78, 5) is 22.3. The number of carbonyl (C=O) groups is 2. The Kier molecular flexibility index (Phi) is 6.14. The Balaban J connectivity index is 2.03. The summed E-state index contributed by atoms with van der Waals surface area (Å²) in [5, 5.41) is 19.2. The van der Waals surface area contributed by atoms with E-state index >= 15 is 0 Å². The molecule has 1 aliphatic rings. The molecule has 0 bridgehead atoms. The van der Waals surface area contributed by atoms with E-state index in [1.165, 1.54) is 5.56 Å². The molecule has 128 valence electrons. The van der Waals surface area contributed by atoms with E-state index < -0.39 is 11.2 Å². The number of hydrogen-bond donors (Lipinski definition) is 2. The van der Waals surface area contributed by atoms with E-state index in [2.05, 4.69) is 41.5 Å².